The molecule has 1 N–H and O–H groups in total. The molecule has 4 rings (SSSR count). The van der Waals surface area contributed by atoms with Crippen LogP contribution in [0.25, 0.3) is 33.3 Å². The number of aromatic amines is 1. The first-order valence-corrected chi connectivity index (χ1v) is 7.53. The SMILES string of the molecule is COc1ccc(-c2c(-c3ccc(OC)cc3)c3ccc2[nH]3)cc1. The molecule has 0 saturated heterocycles. The molecule has 0 aliphatic rings. The lowest BCUT2D eigenvalue weighted by Crippen LogP contribution is -1.86. The Hall–Kier alpha value is -2.94. The number of benzene rings is 3. The maximum absolute atomic E-state index is 5.26. The van der Waals surface area contributed by atoms with Gasteiger partial charge in [-0.3, -0.25) is 0 Å². The van der Waals surface area contributed by atoms with Crippen molar-refractivity contribution in [2.75, 3.05) is 14.2 Å². The number of hydrogen-bond donors (Lipinski definition) is 1. The summed E-state index contributed by atoms with van der Waals surface area (Å²) in [6.45, 7) is 0. The quantitative estimate of drug-likeness (QED) is 0.578. The molecule has 0 aliphatic heterocycles. The monoisotopic (exact) mass is 303 g/mol. The van der Waals surface area contributed by atoms with Crippen LogP contribution in [0.1, 0.15) is 0 Å². The Bertz CT molecular complexity index is 844. The van der Waals surface area contributed by atoms with E-state index in [2.05, 4.69) is 41.4 Å². The van der Waals surface area contributed by atoms with Crippen LogP contribution in [0.4, 0.5) is 0 Å². The van der Waals surface area contributed by atoms with Gasteiger partial charge in [0.2, 0.25) is 0 Å². The third-order valence-corrected chi connectivity index (χ3v) is 4.23. The lowest BCUT2D eigenvalue weighted by atomic mass is 9.94. The van der Waals surface area contributed by atoms with Gasteiger partial charge < -0.3 is 14.5 Å². The van der Waals surface area contributed by atoms with Crippen molar-refractivity contribution in [2.24, 2.45) is 0 Å². The molecule has 0 atom stereocenters. The van der Waals surface area contributed by atoms with Crippen LogP contribution in [0.15, 0.2) is 60.7 Å². The molecule has 23 heavy (non-hydrogen) atoms. The van der Waals surface area contributed by atoms with Crippen molar-refractivity contribution in [1.29, 1.82) is 0 Å². The summed E-state index contributed by atoms with van der Waals surface area (Å²) in [5.41, 5.74) is 7.12. The number of H-pyrrole nitrogens is 1. The number of methoxy groups -OCH3 is 2. The number of rotatable bonds is 4. The first kappa shape index (κ1) is 13.7. The Balaban J connectivity index is 1.86. The van der Waals surface area contributed by atoms with Crippen molar-refractivity contribution < 1.29 is 9.47 Å². The van der Waals surface area contributed by atoms with Crippen LogP contribution in [-0.4, -0.2) is 19.2 Å². The molecule has 114 valence electrons. The van der Waals surface area contributed by atoms with Gasteiger partial charge in [0.05, 0.1) is 14.2 Å². The fraction of sp³-hybridized carbons (Fsp3) is 0.100. The Labute approximate surface area is 134 Å². The molecular weight excluding hydrogens is 286 g/mol. The zero-order valence-electron chi connectivity index (χ0n) is 13.1. The van der Waals surface area contributed by atoms with E-state index in [0.29, 0.717) is 0 Å². The van der Waals surface area contributed by atoms with Crippen LogP contribution < -0.4 is 9.47 Å². The van der Waals surface area contributed by atoms with Crippen LogP contribution in [0.5, 0.6) is 11.5 Å². The van der Waals surface area contributed by atoms with Crippen molar-refractivity contribution in [1.82, 2.24) is 4.98 Å². The zero-order valence-corrected chi connectivity index (χ0v) is 13.1. The van der Waals surface area contributed by atoms with E-state index >= 15 is 0 Å². The Morgan fingerprint density at radius 2 is 0.957 bits per heavy atom. The van der Waals surface area contributed by atoms with Crippen LogP contribution in [0, 0.1) is 0 Å². The molecule has 3 heteroatoms. The van der Waals surface area contributed by atoms with Gasteiger partial charge in [-0.05, 0) is 47.5 Å². The van der Waals surface area contributed by atoms with Crippen LogP contribution in [-0.2, 0) is 0 Å². The van der Waals surface area contributed by atoms with Crippen LogP contribution in [0.2, 0.25) is 0 Å². The lowest BCUT2D eigenvalue weighted by Gasteiger charge is -2.09. The second kappa shape index (κ2) is 5.36. The molecule has 2 aromatic heterocycles. The summed E-state index contributed by atoms with van der Waals surface area (Å²) in [6, 6.07) is 20.6. The number of hydrogen-bond acceptors (Lipinski definition) is 2. The first-order chi connectivity index (χ1) is 11.3. The molecular formula is C20H17NO2. The molecule has 0 aliphatic carbocycles. The predicted octanol–water partition coefficient (Wildman–Crippen LogP) is 4.96. The highest BCUT2D eigenvalue weighted by atomic mass is 16.5. The van der Waals surface area contributed by atoms with E-state index in [1.54, 1.807) is 14.2 Å². The minimum Gasteiger partial charge on any atom is -0.497 e. The largest absolute Gasteiger partial charge is 0.497 e. The van der Waals surface area contributed by atoms with Crippen molar-refractivity contribution in [3.05, 3.63) is 60.7 Å². The molecule has 0 fully saturated rings. The van der Waals surface area contributed by atoms with Gasteiger partial charge in [-0.15, -0.1) is 0 Å². The van der Waals surface area contributed by atoms with Crippen molar-refractivity contribution >= 4 is 11.0 Å². The van der Waals surface area contributed by atoms with Crippen LogP contribution in [0.3, 0.4) is 0 Å². The third-order valence-electron chi connectivity index (χ3n) is 4.23. The van der Waals surface area contributed by atoms with Gasteiger partial charge in [-0.1, -0.05) is 24.3 Å². The lowest BCUT2D eigenvalue weighted by molar-refractivity contribution is 0.414. The van der Waals surface area contributed by atoms with Gasteiger partial charge in [-0.2, -0.15) is 0 Å². The summed E-state index contributed by atoms with van der Waals surface area (Å²) in [6.07, 6.45) is 0. The average molecular weight is 303 g/mol. The highest BCUT2D eigenvalue weighted by Gasteiger charge is 2.17. The minimum atomic E-state index is 0.865. The van der Waals surface area contributed by atoms with Gasteiger partial charge >= 0.3 is 0 Å². The molecule has 2 aromatic carbocycles. The normalized spacial score (nSPS) is 11.0. The third kappa shape index (κ3) is 2.21. The number of ether oxygens (including phenoxy) is 2. The summed E-state index contributed by atoms with van der Waals surface area (Å²) < 4.78 is 10.5. The maximum atomic E-state index is 5.26. The van der Waals surface area contributed by atoms with E-state index in [1.807, 2.05) is 24.3 Å². The fourth-order valence-corrected chi connectivity index (χ4v) is 3.07. The standard InChI is InChI=1S/C20H17NO2/c1-22-15-7-3-13(4-8-15)19-17-11-12-18(21-17)20(19)14-5-9-16(23-2)10-6-14/h3-12,21H,1-2H3. The van der Waals surface area contributed by atoms with Gasteiger partial charge in [0, 0.05) is 22.2 Å². The summed E-state index contributed by atoms with van der Waals surface area (Å²) in [4.78, 5) is 3.47. The molecule has 0 spiro atoms. The zero-order chi connectivity index (χ0) is 15.8. The van der Waals surface area contributed by atoms with E-state index < -0.39 is 0 Å². The summed E-state index contributed by atoms with van der Waals surface area (Å²) in [7, 11) is 3.37. The van der Waals surface area contributed by atoms with E-state index in [1.165, 1.54) is 22.3 Å². The number of aromatic nitrogens is 1. The number of fused-ring (bicyclic) bond motifs is 2. The fourth-order valence-electron chi connectivity index (χ4n) is 3.07. The molecule has 2 heterocycles. The Morgan fingerprint density at radius 3 is 1.30 bits per heavy atom. The van der Waals surface area contributed by atoms with Crippen LogP contribution >= 0.6 is 0 Å². The molecule has 0 radical (unpaired) electrons. The molecule has 2 bridgehead atoms. The predicted molar refractivity (Wildman–Crippen MR) is 93.5 cm³/mol. The van der Waals surface area contributed by atoms with E-state index in [-0.39, 0.29) is 0 Å². The molecule has 0 amide bonds. The first-order valence-electron chi connectivity index (χ1n) is 7.53. The smallest absolute Gasteiger partial charge is 0.118 e. The summed E-state index contributed by atoms with van der Waals surface area (Å²) in [5, 5.41) is 0. The van der Waals surface area contributed by atoms with Crippen molar-refractivity contribution in [3.8, 4) is 33.8 Å². The minimum absolute atomic E-state index is 0.865. The molecule has 4 aromatic rings. The highest BCUT2D eigenvalue weighted by molar-refractivity contribution is 6.04. The van der Waals surface area contributed by atoms with Crippen molar-refractivity contribution in [2.45, 2.75) is 0 Å². The van der Waals surface area contributed by atoms with Gasteiger partial charge in [0.15, 0.2) is 0 Å². The molecule has 3 nitrogen and oxygen atoms in total. The van der Waals surface area contributed by atoms with Gasteiger partial charge in [-0.25, -0.2) is 0 Å². The summed E-state index contributed by atoms with van der Waals surface area (Å²) >= 11 is 0. The van der Waals surface area contributed by atoms with Gasteiger partial charge in [0.1, 0.15) is 11.5 Å². The Kier molecular flexibility index (Phi) is 3.19. The summed E-state index contributed by atoms with van der Waals surface area (Å²) in [5.74, 6) is 1.73. The second-order valence-electron chi connectivity index (χ2n) is 5.49. The van der Waals surface area contributed by atoms with E-state index in [4.69, 9.17) is 9.47 Å². The number of nitrogens with one attached hydrogen (secondary N) is 1. The van der Waals surface area contributed by atoms with E-state index in [0.717, 1.165) is 22.5 Å². The average Bonchev–Trinajstić information content (AvgIpc) is 3.23. The van der Waals surface area contributed by atoms with Crippen molar-refractivity contribution in [3.63, 3.8) is 0 Å². The highest BCUT2D eigenvalue weighted by Crippen LogP contribution is 2.41. The maximum Gasteiger partial charge on any atom is 0.118 e. The topological polar surface area (TPSA) is 34.2 Å². The van der Waals surface area contributed by atoms with E-state index in [9.17, 15) is 0 Å². The Morgan fingerprint density at radius 1 is 0.565 bits per heavy atom. The van der Waals surface area contributed by atoms with Gasteiger partial charge in [0.25, 0.3) is 0 Å². The molecule has 0 unspecified atom stereocenters. The molecule has 0 saturated carbocycles. The second-order valence-corrected chi connectivity index (χ2v) is 5.49.